The fraction of sp³-hybridized carbons (Fsp3) is 0.235. The minimum Gasteiger partial charge on any atom is -0.486 e. The van der Waals surface area contributed by atoms with Crippen LogP contribution in [0, 0.1) is 6.92 Å². The number of para-hydroxylation sites is 1. The number of rotatable bonds is 4. The van der Waals surface area contributed by atoms with Gasteiger partial charge in [0.1, 0.15) is 31.3 Å². The number of furan rings is 1. The number of oxazole rings is 1. The van der Waals surface area contributed by atoms with Crippen LogP contribution in [0.3, 0.4) is 0 Å². The highest BCUT2D eigenvalue weighted by Crippen LogP contribution is 2.39. The molecule has 0 saturated heterocycles. The van der Waals surface area contributed by atoms with Crippen LogP contribution in [0.4, 0.5) is 0 Å². The van der Waals surface area contributed by atoms with Gasteiger partial charge in [-0.15, -0.1) is 0 Å². The van der Waals surface area contributed by atoms with Crippen molar-refractivity contribution < 1.29 is 23.0 Å². The second-order valence-electron chi connectivity index (χ2n) is 5.07. The van der Waals surface area contributed by atoms with E-state index in [4.69, 9.17) is 23.0 Å². The Morgan fingerprint density at radius 2 is 2.04 bits per heavy atom. The summed E-state index contributed by atoms with van der Waals surface area (Å²) >= 11 is 0. The highest BCUT2D eigenvalue weighted by atomic mass is 16.6. The van der Waals surface area contributed by atoms with E-state index in [1.54, 1.807) is 18.4 Å². The Kier molecular flexibility index (Phi) is 3.42. The van der Waals surface area contributed by atoms with Gasteiger partial charge in [0.15, 0.2) is 17.3 Å². The number of aryl methyl sites for hydroxylation is 1. The average molecular weight is 313 g/mol. The summed E-state index contributed by atoms with van der Waals surface area (Å²) in [6.07, 6.45) is 1.58. The summed E-state index contributed by atoms with van der Waals surface area (Å²) in [6, 6.07) is 9.16. The molecule has 4 rings (SSSR count). The fourth-order valence-electron chi connectivity index (χ4n) is 2.37. The smallest absolute Gasteiger partial charge is 0.263 e. The number of fused-ring (bicyclic) bond motifs is 1. The summed E-state index contributed by atoms with van der Waals surface area (Å²) in [5.41, 5.74) is 0.714. The third kappa shape index (κ3) is 2.63. The predicted molar refractivity (Wildman–Crippen MR) is 80.7 cm³/mol. The molecule has 6 heteroatoms. The number of benzene rings is 1. The molecule has 0 N–H and O–H groups in total. The van der Waals surface area contributed by atoms with Crippen molar-refractivity contribution in [2.45, 2.75) is 13.5 Å². The zero-order valence-corrected chi connectivity index (χ0v) is 12.6. The molecule has 3 heterocycles. The molecule has 1 aliphatic rings. The Hall–Kier alpha value is -2.89. The minimum absolute atomic E-state index is 0.274. The van der Waals surface area contributed by atoms with Crippen molar-refractivity contribution in [2.75, 3.05) is 13.2 Å². The second-order valence-corrected chi connectivity index (χ2v) is 5.07. The third-order valence-electron chi connectivity index (χ3n) is 3.52. The van der Waals surface area contributed by atoms with Gasteiger partial charge in [0.05, 0.1) is 6.26 Å². The van der Waals surface area contributed by atoms with Gasteiger partial charge >= 0.3 is 0 Å². The Bertz CT molecular complexity index is 807. The van der Waals surface area contributed by atoms with Gasteiger partial charge in [-0.3, -0.25) is 0 Å². The maximum Gasteiger partial charge on any atom is 0.263 e. The van der Waals surface area contributed by atoms with E-state index in [0.717, 1.165) is 0 Å². The van der Waals surface area contributed by atoms with Gasteiger partial charge in [0.25, 0.3) is 5.89 Å². The largest absolute Gasteiger partial charge is 0.486 e. The summed E-state index contributed by atoms with van der Waals surface area (Å²) in [4.78, 5) is 4.42. The molecule has 0 unspecified atom stereocenters. The van der Waals surface area contributed by atoms with Crippen LogP contribution in [0.1, 0.15) is 11.5 Å². The first-order valence-electron chi connectivity index (χ1n) is 7.33. The molecule has 23 heavy (non-hydrogen) atoms. The summed E-state index contributed by atoms with van der Waals surface area (Å²) in [6.45, 7) is 3.18. The van der Waals surface area contributed by atoms with Gasteiger partial charge in [0.2, 0.25) is 5.75 Å². The molecule has 6 nitrogen and oxygen atoms in total. The Balaban J connectivity index is 1.54. The first-order chi connectivity index (χ1) is 11.3. The SMILES string of the molecule is Cc1oc(-c2ccco2)nc1COc1cccc2c1OCCO2. The van der Waals surface area contributed by atoms with Crippen molar-refractivity contribution in [1.29, 1.82) is 0 Å². The molecular formula is C17H15NO5. The molecule has 0 amide bonds. The minimum atomic E-state index is 0.274. The first-order valence-corrected chi connectivity index (χ1v) is 7.33. The van der Waals surface area contributed by atoms with E-state index in [1.165, 1.54) is 0 Å². The van der Waals surface area contributed by atoms with Gasteiger partial charge in [-0.05, 0) is 31.2 Å². The molecule has 0 radical (unpaired) electrons. The molecule has 0 bridgehead atoms. The first kappa shape index (κ1) is 13.8. The molecule has 1 aliphatic heterocycles. The molecular weight excluding hydrogens is 298 g/mol. The van der Waals surface area contributed by atoms with Crippen LogP contribution >= 0.6 is 0 Å². The van der Waals surface area contributed by atoms with Gasteiger partial charge < -0.3 is 23.0 Å². The van der Waals surface area contributed by atoms with E-state index < -0.39 is 0 Å². The van der Waals surface area contributed by atoms with Gasteiger partial charge in [0, 0.05) is 0 Å². The van der Waals surface area contributed by atoms with E-state index in [0.29, 0.717) is 53.6 Å². The van der Waals surface area contributed by atoms with Crippen molar-refractivity contribution >= 4 is 0 Å². The van der Waals surface area contributed by atoms with E-state index in [-0.39, 0.29) is 6.61 Å². The summed E-state index contributed by atoms with van der Waals surface area (Å²) in [5.74, 6) is 3.68. The monoisotopic (exact) mass is 313 g/mol. The lowest BCUT2D eigenvalue weighted by molar-refractivity contribution is 0.160. The lowest BCUT2D eigenvalue weighted by Crippen LogP contribution is -2.16. The van der Waals surface area contributed by atoms with Crippen LogP contribution in [0.5, 0.6) is 17.2 Å². The summed E-state index contributed by atoms with van der Waals surface area (Å²) < 4.78 is 27.9. The zero-order valence-electron chi connectivity index (χ0n) is 12.6. The van der Waals surface area contributed by atoms with E-state index in [2.05, 4.69) is 4.98 Å². The van der Waals surface area contributed by atoms with Crippen molar-refractivity contribution in [3.63, 3.8) is 0 Å². The maximum atomic E-state index is 5.84. The molecule has 0 aliphatic carbocycles. The van der Waals surface area contributed by atoms with Crippen LogP contribution < -0.4 is 14.2 Å². The Labute approximate surface area is 132 Å². The van der Waals surface area contributed by atoms with Crippen LogP contribution in [0.15, 0.2) is 45.4 Å². The summed E-state index contributed by atoms with van der Waals surface area (Å²) in [5, 5.41) is 0. The molecule has 0 fully saturated rings. The van der Waals surface area contributed by atoms with Crippen LogP contribution in [0.25, 0.3) is 11.7 Å². The number of hydrogen-bond donors (Lipinski definition) is 0. The highest BCUT2D eigenvalue weighted by Gasteiger charge is 2.18. The highest BCUT2D eigenvalue weighted by molar-refractivity contribution is 5.52. The number of nitrogens with zero attached hydrogens (tertiary/aromatic N) is 1. The lowest BCUT2D eigenvalue weighted by atomic mass is 10.3. The van der Waals surface area contributed by atoms with Crippen LogP contribution in [-0.2, 0) is 6.61 Å². The van der Waals surface area contributed by atoms with Crippen LogP contribution in [0.2, 0.25) is 0 Å². The van der Waals surface area contributed by atoms with Gasteiger partial charge in [-0.25, -0.2) is 4.98 Å². The lowest BCUT2D eigenvalue weighted by Gasteiger charge is -2.20. The van der Waals surface area contributed by atoms with Gasteiger partial charge in [-0.1, -0.05) is 6.07 Å². The van der Waals surface area contributed by atoms with Gasteiger partial charge in [-0.2, -0.15) is 0 Å². The van der Waals surface area contributed by atoms with E-state index in [9.17, 15) is 0 Å². The second kappa shape index (κ2) is 5.72. The fourth-order valence-corrected chi connectivity index (χ4v) is 2.37. The van der Waals surface area contributed by atoms with Crippen molar-refractivity contribution in [3.05, 3.63) is 48.0 Å². The number of ether oxygens (including phenoxy) is 3. The molecule has 0 atom stereocenters. The number of aromatic nitrogens is 1. The third-order valence-corrected chi connectivity index (χ3v) is 3.52. The molecule has 118 valence electrons. The topological polar surface area (TPSA) is 66.9 Å². The van der Waals surface area contributed by atoms with Crippen LogP contribution in [-0.4, -0.2) is 18.2 Å². The average Bonchev–Trinajstić information content (AvgIpc) is 3.22. The quantitative estimate of drug-likeness (QED) is 0.733. The zero-order chi connectivity index (χ0) is 15.6. The molecule has 0 spiro atoms. The maximum absolute atomic E-state index is 5.84. The summed E-state index contributed by atoms with van der Waals surface area (Å²) in [7, 11) is 0. The van der Waals surface area contributed by atoms with Crippen molar-refractivity contribution in [1.82, 2.24) is 4.98 Å². The molecule has 0 saturated carbocycles. The Morgan fingerprint density at radius 1 is 1.13 bits per heavy atom. The van der Waals surface area contributed by atoms with E-state index >= 15 is 0 Å². The molecule has 1 aromatic carbocycles. The molecule has 2 aromatic heterocycles. The number of hydrogen-bond acceptors (Lipinski definition) is 6. The molecule has 3 aromatic rings. The normalized spacial score (nSPS) is 13.1. The van der Waals surface area contributed by atoms with Crippen molar-refractivity contribution in [2.24, 2.45) is 0 Å². The Morgan fingerprint density at radius 3 is 2.91 bits per heavy atom. The van der Waals surface area contributed by atoms with Crippen molar-refractivity contribution in [3.8, 4) is 28.9 Å². The standard InChI is InChI=1S/C17H15NO5/c1-11-12(18-17(23-11)15-6-3-7-19-15)10-22-14-5-2-4-13-16(14)21-9-8-20-13/h2-7H,8-10H2,1H3. The predicted octanol–water partition coefficient (Wildman–Crippen LogP) is 3.59. The van der Waals surface area contributed by atoms with E-state index in [1.807, 2.05) is 25.1 Å².